The molecule has 0 saturated heterocycles. The van der Waals surface area contributed by atoms with Crippen LogP contribution in [0.1, 0.15) is 23.6 Å². The molecular formula is C10H11N. The van der Waals surface area contributed by atoms with Gasteiger partial charge in [0.25, 0.3) is 0 Å². The fraction of sp³-hybridized carbons (Fsp3) is 0.300. The van der Waals surface area contributed by atoms with E-state index in [0.29, 0.717) is 0 Å². The Hall–Kier alpha value is -1.29. The Morgan fingerprint density at radius 1 is 1.45 bits per heavy atom. The van der Waals surface area contributed by atoms with Crippen LogP contribution in [0.2, 0.25) is 0 Å². The van der Waals surface area contributed by atoms with Gasteiger partial charge in [0.1, 0.15) is 0 Å². The van der Waals surface area contributed by atoms with E-state index in [2.05, 4.69) is 13.0 Å². The van der Waals surface area contributed by atoms with Crippen LogP contribution in [0.5, 0.6) is 0 Å². The Morgan fingerprint density at radius 3 is 2.73 bits per heavy atom. The number of hydrogen-bond acceptors (Lipinski definition) is 1. The van der Waals surface area contributed by atoms with Gasteiger partial charge in [0.15, 0.2) is 0 Å². The molecule has 11 heavy (non-hydrogen) atoms. The first-order valence-corrected chi connectivity index (χ1v) is 3.77. The number of nitriles is 1. The molecule has 0 aliphatic rings. The molecule has 1 aromatic carbocycles. The molecule has 0 amide bonds. The molecule has 0 N–H and O–H groups in total. The SMILES string of the molecule is CCc1ccc(C)cc1C#N. The van der Waals surface area contributed by atoms with Gasteiger partial charge in [-0.2, -0.15) is 5.26 Å². The first-order chi connectivity index (χ1) is 5.27. The second-order valence-electron chi connectivity index (χ2n) is 2.63. The van der Waals surface area contributed by atoms with Crippen molar-refractivity contribution in [1.29, 1.82) is 5.26 Å². The van der Waals surface area contributed by atoms with Gasteiger partial charge < -0.3 is 0 Å². The van der Waals surface area contributed by atoms with Gasteiger partial charge in [-0.05, 0) is 30.5 Å². The van der Waals surface area contributed by atoms with Gasteiger partial charge in [0.05, 0.1) is 11.6 Å². The van der Waals surface area contributed by atoms with Crippen LogP contribution in [0, 0.1) is 18.3 Å². The van der Waals surface area contributed by atoms with E-state index in [1.807, 2.05) is 25.1 Å². The van der Waals surface area contributed by atoms with Crippen LogP contribution >= 0.6 is 0 Å². The van der Waals surface area contributed by atoms with Crippen molar-refractivity contribution in [2.45, 2.75) is 20.3 Å². The summed E-state index contributed by atoms with van der Waals surface area (Å²) in [6, 6.07) is 8.18. The van der Waals surface area contributed by atoms with Crippen LogP contribution < -0.4 is 0 Å². The van der Waals surface area contributed by atoms with Gasteiger partial charge in [0.2, 0.25) is 0 Å². The summed E-state index contributed by atoms with van der Waals surface area (Å²) in [5, 5.41) is 8.72. The summed E-state index contributed by atoms with van der Waals surface area (Å²) in [4.78, 5) is 0. The lowest BCUT2D eigenvalue weighted by Crippen LogP contribution is -1.87. The minimum absolute atomic E-state index is 0.813. The normalized spacial score (nSPS) is 9.18. The molecular weight excluding hydrogens is 134 g/mol. The Labute approximate surface area is 67.3 Å². The van der Waals surface area contributed by atoms with Crippen molar-refractivity contribution >= 4 is 0 Å². The Kier molecular flexibility index (Phi) is 2.28. The molecule has 0 spiro atoms. The molecule has 1 rings (SSSR count). The number of rotatable bonds is 1. The van der Waals surface area contributed by atoms with E-state index in [1.54, 1.807) is 0 Å². The van der Waals surface area contributed by atoms with Crippen LogP contribution in [0.4, 0.5) is 0 Å². The lowest BCUT2D eigenvalue weighted by atomic mass is 10.0. The first-order valence-electron chi connectivity index (χ1n) is 3.77. The van der Waals surface area contributed by atoms with Gasteiger partial charge in [-0.15, -0.1) is 0 Å². The molecule has 0 saturated carbocycles. The quantitative estimate of drug-likeness (QED) is 0.595. The summed E-state index contributed by atoms with van der Waals surface area (Å²) in [5.41, 5.74) is 3.10. The lowest BCUT2D eigenvalue weighted by molar-refractivity contribution is 1.12. The van der Waals surface area contributed by atoms with E-state index in [9.17, 15) is 0 Å². The Morgan fingerprint density at radius 2 is 2.18 bits per heavy atom. The van der Waals surface area contributed by atoms with Crippen molar-refractivity contribution in [3.05, 3.63) is 34.9 Å². The van der Waals surface area contributed by atoms with Crippen molar-refractivity contribution in [3.8, 4) is 6.07 Å². The van der Waals surface area contributed by atoms with Crippen LogP contribution in [0.3, 0.4) is 0 Å². The summed E-state index contributed by atoms with van der Waals surface area (Å²) in [7, 11) is 0. The number of benzene rings is 1. The largest absolute Gasteiger partial charge is 0.192 e. The average Bonchev–Trinajstić information content (AvgIpc) is 2.04. The Bertz CT molecular complexity index is 294. The first kappa shape index (κ1) is 7.81. The minimum atomic E-state index is 0.813. The van der Waals surface area contributed by atoms with Gasteiger partial charge in [-0.1, -0.05) is 19.1 Å². The standard InChI is InChI=1S/C10H11N/c1-3-9-5-4-8(2)6-10(9)7-11/h4-6H,3H2,1-2H3. The zero-order valence-corrected chi connectivity index (χ0v) is 6.89. The maximum Gasteiger partial charge on any atom is 0.0994 e. The predicted octanol–water partition coefficient (Wildman–Crippen LogP) is 2.43. The summed E-state index contributed by atoms with van der Waals surface area (Å²) < 4.78 is 0. The molecule has 1 nitrogen and oxygen atoms in total. The number of hydrogen-bond donors (Lipinski definition) is 0. The Balaban J connectivity index is 3.19. The number of nitrogens with zero attached hydrogens (tertiary/aromatic N) is 1. The van der Waals surface area contributed by atoms with Crippen LogP contribution in [0.25, 0.3) is 0 Å². The van der Waals surface area contributed by atoms with Crippen molar-refractivity contribution in [1.82, 2.24) is 0 Å². The molecule has 0 aliphatic carbocycles. The molecule has 0 fully saturated rings. The fourth-order valence-electron chi connectivity index (χ4n) is 1.10. The van der Waals surface area contributed by atoms with Gasteiger partial charge in [0, 0.05) is 0 Å². The topological polar surface area (TPSA) is 23.8 Å². The van der Waals surface area contributed by atoms with E-state index in [-0.39, 0.29) is 0 Å². The average molecular weight is 145 g/mol. The summed E-state index contributed by atoms with van der Waals surface area (Å²) in [6.45, 7) is 4.06. The summed E-state index contributed by atoms with van der Waals surface area (Å²) in [6.07, 6.45) is 0.934. The molecule has 1 heteroatoms. The smallest absolute Gasteiger partial charge is 0.0994 e. The second kappa shape index (κ2) is 3.21. The third-order valence-corrected chi connectivity index (χ3v) is 1.77. The molecule has 0 heterocycles. The molecule has 0 radical (unpaired) electrons. The van der Waals surface area contributed by atoms with E-state index in [1.165, 1.54) is 0 Å². The number of aryl methyl sites for hydroxylation is 2. The zero-order valence-electron chi connectivity index (χ0n) is 6.89. The lowest BCUT2D eigenvalue weighted by Gasteiger charge is -1.99. The van der Waals surface area contributed by atoms with Crippen LogP contribution in [0.15, 0.2) is 18.2 Å². The fourth-order valence-corrected chi connectivity index (χ4v) is 1.10. The van der Waals surface area contributed by atoms with Crippen molar-refractivity contribution < 1.29 is 0 Å². The predicted molar refractivity (Wildman–Crippen MR) is 45.3 cm³/mol. The van der Waals surface area contributed by atoms with E-state index < -0.39 is 0 Å². The minimum Gasteiger partial charge on any atom is -0.192 e. The highest BCUT2D eigenvalue weighted by Gasteiger charge is 1.97. The molecule has 1 aromatic rings. The van der Waals surface area contributed by atoms with Gasteiger partial charge in [-0.25, -0.2) is 0 Å². The molecule has 0 atom stereocenters. The maximum absolute atomic E-state index is 8.72. The van der Waals surface area contributed by atoms with E-state index in [0.717, 1.165) is 23.1 Å². The summed E-state index contributed by atoms with van der Waals surface area (Å²) >= 11 is 0. The summed E-state index contributed by atoms with van der Waals surface area (Å²) in [5.74, 6) is 0. The maximum atomic E-state index is 8.72. The van der Waals surface area contributed by atoms with Crippen LogP contribution in [-0.4, -0.2) is 0 Å². The van der Waals surface area contributed by atoms with Crippen molar-refractivity contribution in [2.75, 3.05) is 0 Å². The molecule has 0 unspecified atom stereocenters. The monoisotopic (exact) mass is 145 g/mol. The van der Waals surface area contributed by atoms with Crippen molar-refractivity contribution in [2.24, 2.45) is 0 Å². The van der Waals surface area contributed by atoms with Crippen LogP contribution in [-0.2, 0) is 6.42 Å². The molecule has 0 aromatic heterocycles. The highest BCUT2D eigenvalue weighted by Crippen LogP contribution is 2.10. The third kappa shape index (κ3) is 1.59. The van der Waals surface area contributed by atoms with Gasteiger partial charge in [-0.3, -0.25) is 0 Å². The molecule has 0 aliphatic heterocycles. The third-order valence-electron chi connectivity index (χ3n) is 1.77. The molecule has 0 bridgehead atoms. The zero-order chi connectivity index (χ0) is 8.27. The van der Waals surface area contributed by atoms with E-state index >= 15 is 0 Å². The highest BCUT2D eigenvalue weighted by atomic mass is 14.2. The van der Waals surface area contributed by atoms with Gasteiger partial charge >= 0.3 is 0 Å². The van der Waals surface area contributed by atoms with E-state index in [4.69, 9.17) is 5.26 Å². The van der Waals surface area contributed by atoms with Crippen molar-refractivity contribution in [3.63, 3.8) is 0 Å². The second-order valence-corrected chi connectivity index (χ2v) is 2.63. The highest BCUT2D eigenvalue weighted by molar-refractivity contribution is 5.40. The molecule has 56 valence electrons.